The van der Waals surface area contributed by atoms with E-state index in [9.17, 15) is 5.11 Å². The normalized spacial score (nSPS) is 20.6. The van der Waals surface area contributed by atoms with Crippen molar-refractivity contribution in [3.63, 3.8) is 0 Å². The van der Waals surface area contributed by atoms with E-state index in [2.05, 4.69) is 40.9 Å². The van der Waals surface area contributed by atoms with E-state index in [1.807, 2.05) is 37.3 Å². The molecule has 2 unspecified atom stereocenters. The molecule has 0 radical (unpaired) electrons. The second-order valence-corrected chi connectivity index (χ2v) is 7.32. The molecule has 4 rings (SSSR count). The molecule has 0 saturated carbocycles. The van der Waals surface area contributed by atoms with Gasteiger partial charge < -0.3 is 19.7 Å². The number of aryl methyl sites for hydroxylation is 1. The molecule has 5 nitrogen and oxygen atoms in total. The molecule has 0 amide bonds. The fourth-order valence-corrected chi connectivity index (χ4v) is 3.85. The second kappa shape index (κ2) is 7.08. The number of fused-ring (bicyclic) bond motifs is 1. The van der Waals surface area contributed by atoms with Crippen LogP contribution in [0.2, 0.25) is 0 Å². The van der Waals surface area contributed by atoms with Crippen LogP contribution in [0, 0.1) is 6.92 Å². The standard InChI is InChI=1S/C22H25N3O2/c1-14-5-4-6-20-21(14)19(22(26)24-20)11-23-17-7-9-18(10-8-17)25-12-15(2)27-16(3)13-25/h4-11,15-16,24,26H,12-13H2,1-3H3. The Kier molecular flexibility index (Phi) is 4.62. The van der Waals surface area contributed by atoms with Crippen LogP contribution in [0.25, 0.3) is 10.9 Å². The summed E-state index contributed by atoms with van der Waals surface area (Å²) in [5, 5.41) is 11.2. The summed E-state index contributed by atoms with van der Waals surface area (Å²) in [5.74, 6) is 0.149. The Labute approximate surface area is 159 Å². The summed E-state index contributed by atoms with van der Waals surface area (Å²) in [7, 11) is 0. The van der Waals surface area contributed by atoms with Crippen molar-refractivity contribution in [2.24, 2.45) is 4.99 Å². The molecule has 1 aliphatic rings. The lowest BCUT2D eigenvalue weighted by Crippen LogP contribution is -2.45. The minimum absolute atomic E-state index is 0.149. The molecular formula is C22H25N3O2. The number of benzene rings is 2. The summed E-state index contributed by atoms with van der Waals surface area (Å²) in [4.78, 5) is 9.93. The zero-order chi connectivity index (χ0) is 19.0. The number of nitrogens with one attached hydrogen (secondary N) is 1. The number of rotatable bonds is 3. The largest absolute Gasteiger partial charge is 0.494 e. The molecule has 1 saturated heterocycles. The first kappa shape index (κ1) is 17.6. The summed E-state index contributed by atoms with van der Waals surface area (Å²) in [6.45, 7) is 8.05. The summed E-state index contributed by atoms with van der Waals surface area (Å²) in [5.41, 5.74) is 4.79. The van der Waals surface area contributed by atoms with Gasteiger partial charge in [-0.15, -0.1) is 0 Å². The van der Waals surface area contributed by atoms with Crippen LogP contribution in [-0.2, 0) is 4.74 Å². The van der Waals surface area contributed by atoms with Gasteiger partial charge in [-0.2, -0.15) is 0 Å². The molecule has 0 aliphatic carbocycles. The van der Waals surface area contributed by atoms with Gasteiger partial charge in [0.25, 0.3) is 0 Å². The predicted octanol–water partition coefficient (Wildman–Crippen LogP) is 4.55. The Balaban J connectivity index is 1.56. The molecule has 1 fully saturated rings. The number of aromatic nitrogens is 1. The summed E-state index contributed by atoms with van der Waals surface area (Å²) < 4.78 is 5.81. The molecule has 0 bridgehead atoms. The van der Waals surface area contributed by atoms with E-state index >= 15 is 0 Å². The highest BCUT2D eigenvalue weighted by atomic mass is 16.5. The van der Waals surface area contributed by atoms with Gasteiger partial charge >= 0.3 is 0 Å². The molecule has 1 aromatic heterocycles. The van der Waals surface area contributed by atoms with Gasteiger partial charge in [0, 0.05) is 35.9 Å². The second-order valence-electron chi connectivity index (χ2n) is 7.32. The van der Waals surface area contributed by atoms with Crippen molar-refractivity contribution in [2.45, 2.75) is 33.0 Å². The molecule has 2 heterocycles. The van der Waals surface area contributed by atoms with Crippen LogP contribution in [0.3, 0.4) is 0 Å². The third-order valence-corrected chi connectivity index (χ3v) is 5.03. The minimum atomic E-state index is 0.149. The van der Waals surface area contributed by atoms with Crippen LogP contribution in [-0.4, -0.2) is 41.6 Å². The number of ether oxygens (including phenoxy) is 1. The zero-order valence-corrected chi connectivity index (χ0v) is 15.9. The summed E-state index contributed by atoms with van der Waals surface area (Å²) >= 11 is 0. The highest BCUT2D eigenvalue weighted by molar-refractivity contribution is 6.04. The van der Waals surface area contributed by atoms with Crippen molar-refractivity contribution in [3.05, 3.63) is 53.6 Å². The maximum absolute atomic E-state index is 10.2. The fourth-order valence-electron chi connectivity index (χ4n) is 3.85. The number of hydrogen-bond acceptors (Lipinski definition) is 4. The molecule has 5 heteroatoms. The van der Waals surface area contributed by atoms with Gasteiger partial charge in [0.15, 0.2) is 5.88 Å². The Morgan fingerprint density at radius 2 is 1.81 bits per heavy atom. The van der Waals surface area contributed by atoms with Gasteiger partial charge in [-0.05, 0) is 56.7 Å². The number of aromatic amines is 1. The predicted molar refractivity (Wildman–Crippen MR) is 111 cm³/mol. The smallest absolute Gasteiger partial charge is 0.198 e. The van der Waals surface area contributed by atoms with Crippen LogP contribution in [0.15, 0.2) is 47.5 Å². The van der Waals surface area contributed by atoms with Crippen LogP contribution >= 0.6 is 0 Å². The van der Waals surface area contributed by atoms with E-state index < -0.39 is 0 Å². The summed E-state index contributed by atoms with van der Waals surface area (Å²) in [6, 6.07) is 14.2. The van der Waals surface area contributed by atoms with Crippen LogP contribution in [0.1, 0.15) is 25.0 Å². The summed E-state index contributed by atoms with van der Waals surface area (Å²) in [6.07, 6.45) is 2.20. The number of aliphatic imine (C=N–C) groups is 1. The maximum atomic E-state index is 10.2. The molecule has 2 aromatic carbocycles. The fraction of sp³-hybridized carbons (Fsp3) is 0.318. The quantitative estimate of drug-likeness (QED) is 0.671. The van der Waals surface area contributed by atoms with E-state index in [1.54, 1.807) is 6.21 Å². The van der Waals surface area contributed by atoms with Gasteiger partial charge in [-0.3, -0.25) is 4.99 Å². The maximum Gasteiger partial charge on any atom is 0.198 e. The number of nitrogens with zero attached hydrogens (tertiary/aromatic N) is 2. The molecule has 2 N–H and O–H groups in total. The van der Waals surface area contributed by atoms with E-state index in [0.717, 1.165) is 40.8 Å². The molecule has 2 atom stereocenters. The Bertz CT molecular complexity index is 965. The Morgan fingerprint density at radius 1 is 1.11 bits per heavy atom. The number of hydrogen-bond donors (Lipinski definition) is 2. The number of anilines is 1. The van der Waals surface area contributed by atoms with Gasteiger partial charge in [0.2, 0.25) is 0 Å². The van der Waals surface area contributed by atoms with E-state index in [4.69, 9.17) is 4.74 Å². The van der Waals surface area contributed by atoms with Crippen molar-refractivity contribution < 1.29 is 9.84 Å². The number of H-pyrrole nitrogens is 1. The van der Waals surface area contributed by atoms with Crippen molar-refractivity contribution in [3.8, 4) is 5.88 Å². The molecule has 1 aliphatic heterocycles. The highest BCUT2D eigenvalue weighted by Crippen LogP contribution is 2.29. The van der Waals surface area contributed by atoms with Gasteiger partial charge in [0.1, 0.15) is 0 Å². The SMILES string of the molecule is Cc1cccc2[nH]c(O)c(C=Nc3ccc(N4CC(C)OC(C)C4)cc3)c12. The lowest BCUT2D eigenvalue weighted by molar-refractivity contribution is -0.00521. The zero-order valence-electron chi connectivity index (χ0n) is 15.9. The molecule has 27 heavy (non-hydrogen) atoms. The first-order chi connectivity index (χ1) is 13.0. The van der Waals surface area contributed by atoms with Crippen LogP contribution < -0.4 is 4.90 Å². The van der Waals surface area contributed by atoms with Gasteiger partial charge in [0.05, 0.1) is 23.5 Å². The molecular weight excluding hydrogens is 338 g/mol. The number of aromatic hydroxyl groups is 1. The van der Waals surface area contributed by atoms with Crippen molar-refractivity contribution >= 4 is 28.5 Å². The third kappa shape index (κ3) is 3.55. The molecule has 0 spiro atoms. The first-order valence-corrected chi connectivity index (χ1v) is 9.36. The van der Waals surface area contributed by atoms with Gasteiger partial charge in [-0.1, -0.05) is 12.1 Å². The monoisotopic (exact) mass is 363 g/mol. The number of morpholine rings is 1. The van der Waals surface area contributed by atoms with E-state index in [-0.39, 0.29) is 18.1 Å². The average Bonchev–Trinajstić information content (AvgIpc) is 2.96. The first-order valence-electron chi connectivity index (χ1n) is 9.36. The molecule has 140 valence electrons. The highest BCUT2D eigenvalue weighted by Gasteiger charge is 2.22. The van der Waals surface area contributed by atoms with E-state index in [1.165, 1.54) is 5.69 Å². The average molecular weight is 363 g/mol. The lowest BCUT2D eigenvalue weighted by Gasteiger charge is -2.36. The topological polar surface area (TPSA) is 60.8 Å². The Hall–Kier alpha value is -2.79. The van der Waals surface area contributed by atoms with Crippen LogP contribution in [0.5, 0.6) is 5.88 Å². The molecule has 3 aromatic rings. The minimum Gasteiger partial charge on any atom is -0.494 e. The van der Waals surface area contributed by atoms with Gasteiger partial charge in [-0.25, -0.2) is 0 Å². The lowest BCUT2D eigenvalue weighted by atomic mass is 10.1. The van der Waals surface area contributed by atoms with Crippen molar-refractivity contribution in [1.29, 1.82) is 0 Å². The van der Waals surface area contributed by atoms with Crippen molar-refractivity contribution in [1.82, 2.24) is 4.98 Å². The van der Waals surface area contributed by atoms with Crippen LogP contribution in [0.4, 0.5) is 11.4 Å². The van der Waals surface area contributed by atoms with Crippen molar-refractivity contribution in [2.75, 3.05) is 18.0 Å². The third-order valence-electron chi connectivity index (χ3n) is 5.03. The van der Waals surface area contributed by atoms with E-state index in [0.29, 0.717) is 0 Å². The Morgan fingerprint density at radius 3 is 2.52 bits per heavy atom.